The van der Waals surface area contributed by atoms with Crippen LogP contribution in [0.15, 0.2) is 30.9 Å². The number of likely N-dealkylation sites (N-methyl/N-ethyl adjacent to an activating group) is 1. The van der Waals surface area contributed by atoms with E-state index in [0.717, 1.165) is 43.4 Å². The van der Waals surface area contributed by atoms with Gasteiger partial charge in [-0.15, -0.1) is 11.8 Å². The van der Waals surface area contributed by atoms with Crippen molar-refractivity contribution in [3.8, 4) is 6.07 Å². The molecule has 2 N–H and O–H groups in total. The number of likely N-dealkylation sites (tertiary alicyclic amines) is 1. The van der Waals surface area contributed by atoms with Crippen molar-refractivity contribution in [1.29, 1.82) is 5.26 Å². The van der Waals surface area contributed by atoms with Crippen LogP contribution >= 0.6 is 11.8 Å². The number of hydrogen-bond acceptors (Lipinski definition) is 9. The Labute approximate surface area is 251 Å². The quantitative estimate of drug-likeness (QED) is 0.479. The molecule has 1 amide bonds. The first kappa shape index (κ1) is 29.7. The van der Waals surface area contributed by atoms with Crippen LogP contribution in [0.4, 0.5) is 4.39 Å². The molecule has 7 atom stereocenters. The van der Waals surface area contributed by atoms with Gasteiger partial charge in [-0.25, -0.2) is 4.39 Å². The second kappa shape index (κ2) is 12.3. The zero-order valence-electron chi connectivity index (χ0n) is 24.3. The number of hydrogen-bond donors (Lipinski definition) is 2. The van der Waals surface area contributed by atoms with Gasteiger partial charge in [-0.05, 0) is 63.4 Å². The van der Waals surface area contributed by atoms with Gasteiger partial charge in [-0.1, -0.05) is 18.7 Å². The number of nitrogens with zero attached hydrogens (tertiary/aromatic N) is 4. The summed E-state index contributed by atoms with van der Waals surface area (Å²) in [5.74, 6) is 0.313. The Morgan fingerprint density at radius 1 is 1.29 bits per heavy atom. The summed E-state index contributed by atoms with van der Waals surface area (Å²) in [7, 11) is 2.12. The summed E-state index contributed by atoms with van der Waals surface area (Å²) in [5, 5.41) is 16.7. The van der Waals surface area contributed by atoms with Crippen LogP contribution in [0.25, 0.3) is 0 Å². The van der Waals surface area contributed by atoms with E-state index in [9.17, 15) is 19.2 Å². The van der Waals surface area contributed by atoms with Crippen molar-refractivity contribution in [1.82, 2.24) is 25.3 Å². The fourth-order valence-corrected chi connectivity index (χ4v) is 9.24. The Hall–Kier alpha value is -2.33. The molecule has 9 nitrogen and oxygen atoms in total. The van der Waals surface area contributed by atoms with E-state index in [-0.39, 0.29) is 42.1 Å². The molecule has 0 aromatic heterocycles. The molecule has 4 aliphatic heterocycles. The minimum absolute atomic E-state index is 0.00368. The molecule has 1 spiro atoms. The number of nitriles is 1. The van der Waals surface area contributed by atoms with Crippen molar-refractivity contribution in [3.05, 3.63) is 47.8 Å². The van der Waals surface area contributed by atoms with Crippen molar-refractivity contribution in [2.45, 2.75) is 79.7 Å². The van der Waals surface area contributed by atoms with Crippen LogP contribution in [0.2, 0.25) is 0 Å². The number of carbonyl (C=O) groups excluding carboxylic acids is 2. The van der Waals surface area contributed by atoms with E-state index in [4.69, 9.17) is 4.74 Å². The molecule has 6 rings (SSSR count). The Balaban J connectivity index is 1.24. The Bertz CT molecular complexity index is 1260. The highest BCUT2D eigenvalue weighted by Crippen LogP contribution is 2.49. The van der Waals surface area contributed by atoms with Gasteiger partial charge >= 0.3 is 0 Å². The van der Waals surface area contributed by atoms with Crippen LogP contribution in [0.5, 0.6) is 0 Å². The summed E-state index contributed by atoms with van der Waals surface area (Å²) in [6.07, 6.45) is 5.21. The predicted octanol–water partition coefficient (Wildman–Crippen LogP) is 2.23. The monoisotopic (exact) mass is 596 g/mol. The van der Waals surface area contributed by atoms with Gasteiger partial charge in [-0.2, -0.15) is 5.26 Å². The van der Waals surface area contributed by atoms with E-state index in [1.54, 1.807) is 22.7 Å². The molecule has 11 heteroatoms. The van der Waals surface area contributed by atoms with Crippen LogP contribution in [0, 0.1) is 23.1 Å². The van der Waals surface area contributed by atoms with Crippen LogP contribution in [0.1, 0.15) is 43.2 Å². The normalized spacial score (nSPS) is 35.5. The molecule has 4 heterocycles. The lowest BCUT2D eigenvalue weighted by atomic mass is 9.71. The summed E-state index contributed by atoms with van der Waals surface area (Å²) < 4.78 is 20.4. The van der Waals surface area contributed by atoms with E-state index in [1.165, 1.54) is 12.1 Å². The minimum Gasteiger partial charge on any atom is -0.348 e. The summed E-state index contributed by atoms with van der Waals surface area (Å²) in [6, 6.07) is 7.13. The summed E-state index contributed by atoms with van der Waals surface area (Å²) in [5.41, 5.74) is 1.65. The van der Waals surface area contributed by atoms with E-state index in [1.807, 2.05) is 6.07 Å². The van der Waals surface area contributed by atoms with Crippen molar-refractivity contribution < 1.29 is 18.7 Å². The molecular formula is C31H41FN6O3S. The number of fused-ring (bicyclic) bond motifs is 2. The maximum atomic E-state index is 14.5. The third kappa shape index (κ3) is 5.53. The van der Waals surface area contributed by atoms with Crippen LogP contribution < -0.4 is 10.6 Å². The molecule has 1 aliphatic carbocycles. The van der Waals surface area contributed by atoms with E-state index in [0.29, 0.717) is 44.5 Å². The number of piperazine rings is 1. The van der Waals surface area contributed by atoms with Crippen molar-refractivity contribution in [3.63, 3.8) is 0 Å². The Morgan fingerprint density at radius 2 is 2.14 bits per heavy atom. The zero-order chi connectivity index (χ0) is 29.4. The largest absolute Gasteiger partial charge is 0.348 e. The average Bonchev–Trinajstić information content (AvgIpc) is 3.42. The third-order valence-corrected chi connectivity index (χ3v) is 11.6. The third-order valence-electron chi connectivity index (χ3n) is 10.1. The van der Waals surface area contributed by atoms with Gasteiger partial charge in [0.25, 0.3) is 0 Å². The van der Waals surface area contributed by atoms with Crippen molar-refractivity contribution >= 4 is 23.5 Å². The molecule has 1 aromatic rings. The maximum absolute atomic E-state index is 14.5. The number of ether oxygens (including phenoxy) is 1. The van der Waals surface area contributed by atoms with E-state index in [2.05, 4.69) is 40.1 Å². The van der Waals surface area contributed by atoms with Gasteiger partial charge in [0.05, 0.1) is 42.1 Å². The van der Waals surface area contributed by atoms with Crippen LogP contribution in [-0.2, 0) is 26.5 Å². The topological polar surface area (TPSA) is 101 Å². The number of thioether (sulfide) groups is 1. The molecule has 226 valence electrons. The number of nitrogens with one attached hydrogen (secondary N) is 2. The Morgan fingerprint density at radius 3 is 2.90 bits per heavy atom. The highest BCUT2D eigenvalue weighted by atomic mass is 32.2. The van der Waals surface area contributed by atoms with Gasteiger partial charge < -0.3 is 14.5 Å². The van der Waals surface area contributed by atoms with Crippen molar-refractivity contribution in [2.75, 3.05) is 39.8 Å². The zero-order valence-corrected chi connectivity index (χ0v) is 25.1. The second-order valence-corrected chi connectivity index (χ2v) is 13.8. The van der Waals surface area contributed by atoms with Gasteiger partial charge in [0, 0.05) is 42.9 Å². The Kier molecular flexibility index (Phi) is 8.74. The molecule has 1 aromatic carbocycles. The number of ketones is 1. The minimum atomic E-state index is -0.592. The number of halogens is 1. The first-order valence-electron chi connectivity index (χ1n) is 15.2. The summed E-state index contributed by atoms with van der Waals surface area (Å²) >= 11 is 1.59. The SMILES string of the molecule is C=CC(=O)N1CCN(C2NC(OCC3CCCN3C)NC3C(=O)[C@@]4(CCC32)Cc2cccc(F)c2CS4)CC1CC#N. The fourth-order valence-electron chi connectivity index (χ4n) is 7.70. The van der Waals surface area contributed by atoms with Crippen molar-refractivity contribution in [2.24, 2.45) is 5.92 Å². The lowest BCUT2D eigenvalue weighted by Crippen LogP contribution is -2.75. The number of carbonyl (C=O) groups is 2. The average molecular weight is 597 g/mol. The highest BCUT2D eigenvalue weighted by Gasteiger charge is 2.55. The summed E-state index contributed by atoms with van der Waals surface area (Å²) in [4.78, 5) is 33.4. The van der Waals surface area contributed by atoms with Gasteiger partial charge in [0.15, 0.2) is 12.1 Å². The summed E-state index contributed by atoms with van der Waals surface area (Å²) in [6.45, 7) is 6.91. The molecule has 1 saturated carbocycles. The van der Waals surface area contributed by atoms with Gasteiger partial charge in [-0.3, -0.25) is 25.1 Å². The fraction of sp³-hybridized carbons (Fsp3) is 0.645. The number of Topliss-reactive ketones (excluding diaryl/α,β-unsaturated/α-hetero) is 1. The maximum Gasteiger partial charge on any atom is 0.246 e. The number of benzene rings is 1. The van der Waals surface area contributed by atoms with Crippen LogP contribution in [-0.4, -0.2) is 102 Å². The highest BCUT2D eigenvalue weighted by molar-refractivity contribution is 8.00. The second-order valence-electron chi connectivity index (χ2n) is 12.4. The lowest BCUT2D eigenvalue weighted by Gasteiger charge is -2.55. The van der Waals surface area contributed by atoms with Crippen LogP contribution in [0.3, 0.4) is 0 Å². The predicted molar refractivity (Wildman–Crippen MR) is 159 cm³/mol. The lowest BCUT2D eigenvalue weighted by molar-refractivity contribution is -0.145. The smallest absolute Gasteiger partial charge is 0.246 e. The first-order valence-corrected chi connectivity index (χ1v) is 16.1. The number of amides is 1. The number of rotatable bonds is 6. The molecule has 42 heavy (non-hydrogen) atoms. The molecule has 5 aliphatic rings. The van der Waals surface area contributed by atoms with E-state index < -0.39 is 17.1 Å². The molecule has 3 saturated heterocycles. The van der Waals surface area contributed by atoms with E-state index >= 15 is 0 Å². The molecular weight excluding hydrogens is 555 g/mol. The van der Waals surface area contributed by atoms with Gasteiger partial charge in [0.2, 0.25) is 5.91 Å². The molecule has 4 fully saturated rings. The standard InChI is InChI=1S/C31H41FN6O3S/c1-3-26(39)38-15-14-37(17-21(38)10-12-33)29-23-9-11-31(16-20-6-4-8-25(32)24(20)19-42-31)28(40)27(23)34-30(35-29)41-18-22-7-5-13-36(22)2/h3-4,6,8,21-23,27,29-30,34-35H,1,5,7,9-11,13-19H2,2H3/t21?,22?,23?,27?,29?,30?,31-/m1/s1. The van der Waals surface area contributed by atoms with Gasteiger partial charge in [0.1, 0.15) is 5.82 Å². The first-order chi connectivity index (χ1) is 20.3. The molecule has 0 radical (unpaired) electrons. The molecule has 0 bridgehead atoms. The molecule has 6 unspecified atom stereocenters.